The molecule has 0 spiro atoms. The minimum atomic E-state index is -3.57. The number of hydrogen-bond donors (Lipinski definition) is 0. The molecule has 0 aliphatic carbocycles. The van der Waals surface area contributed by atoms with E-state index in [0.29, 0.717) is 43.6 Å². The van der Waals surface area contributed by atoms with Crippen molar-refractivity contribution < 1.29 is 13.2 Å². The fraction of sp³-hybridized carbons (Fsp3) is 0.286. The number of piperazine rings is 1. The highest BCUT2D eigenvalue weighted by Crippen LogP contribution is 2.25. The summed E-state index contributed by atoms with van der Waals surface area (Å²) in [6.45, 7) is 2.05. The monoisotopic (exact) mass is 475 g/mol. The van der Waals surface area contributed by atoms with Crippen LogP contribution < -0.4 is 0 Å². The van der Waals surface area contributed by atoms with E-state index in [0.717, 1.165) is 10.9 Å². The Hall–Kier alpha value is -2.16. The molecule has 6 nitrogen and oxygen atoms in total. The summed E-state index contributed by atoms with van der Waals surface area (Å²) in [5, 5.41) is 1.16. The molecular formula is C21H22BrN3O3S. The fourth-order valence-corrected chi connectivity index (χ4v) is 6.07. The average molecular weight is 476 g/mol. The van der Waals surface area contributed by atoms with Crippen LogP contribution in [0.15, 0.2) is 70.2 Å². The maximum Gasteiger partial charge on any atom is 0.244 e. The van der Waals surface area contributed by atoms with Gasteiger partial charge in [-0.3, -0.25) is 4.79 Å². The van der Waals surface area contributed by atoms with Crippen LogP contribution in [0, 0.1) is 0 Å². The molecule has 0 N–H and O–H groups in total. The van der Waals surface area contributed by atoms with Gasteiger partial charge < -0.3 is 9.47 Å². The van der Waals surface area contributed by atoms with Crippen LogP contribution >= 0.6 is 15.9 Å². The molecule has 0 radical (unpaired) electrons. The van der Waals surface area contributed by atoms with Crippen LogP contribution in [0.4, 0.5) is 0 Å². The topological polar surface area (TPSA) is 62.6 Å². The van der Waals surface area contributed by atoms with Gasteiger partial charge in [-0.2, -0.15) is 4.31 Å². The predicted molar refractivity (Wildman–Crippen MR) is 116 cm³/mol. The second-order valence-corrected chi connectivity index (χ2v) is 9.79. The van der Waals surface area contributed by atoms with E-state index in [-0.39, 0.29) is 10.8 Å². The molecule has 0 unspecified atom stereocenters. The van der Waals surface area contributed by atoms with E-state index in [4.69, 9.17) is 0 Å². The highest BCUT2D eigenvalue weighted by Gasteiger charge is 2.31. The van der Waals surface area contributed by atoms with Crippen molar-refractivity contribution in [3.8, 4) is 0 Å². The van der Waals surface area contributed by atoms with Crippen molar-refractivity contribution in [2.24, 2.45) is 0 Å². The molecule has 152 valence electrons. The lowest BCUT2D eigenvalue weighted by Crippen LogP contribution is -2.50. The van der Waals surface area contributed by atoms with Gasteiger partial charge in [0.05, 0.1) is 4.90 Å². The van der Waals surface area contributed by atoms with E-state index >= 15 is 0 Å². The largest absolute Gasteiger partial charge is 0.347 e. The Kier molecular flexibility index (Phi) is 5.76. The average Bonchev–Trinajstić information content (AvgIpc) is 3.15. The van der Waals surface area contributed by atoms with E-state index in [1.807, 2.05) is 30.5 Å². The summed E-state index contributed by atoms with van der Waals surface area (Å²) in [6.07, 6.45) is 2.40. The number of fused-ring (bicyclic) bond motifs is 1. The molecule has 2 heterocycles. The number of amides is 1. The summed E-state index contributed by atoms with van der Waals surface area (Å²) in [6, 6.07) is 16.9. The summed E-state index contributed by atoms with van der Waals surface area (Å²) in [5.41, 5.74) is 1.12. The van der Waals surface area contributed by atoms with Gasteiger partial charge in [0.2, 0.25) is 15.9 Å². The van der Waals surface area contributed by atoms with Crippen molar-refractivity contribution >= 4 is 42.8 Å². The van der Waals surface area contributed by atoms with Gasteiger partial charge in [-0.25, -0.2) is 8.42 Å². The predicted octanol–water partition coefficient (Wildman–Crippen LogP) is 3.33. The first-order valence-corrected chi connectivity index (χ1v) is 11.8. The number of carbonyl (C=O) groups excluding carboxylic acids is 1. The molecule has 4 rings (SSSR count). The third kappa shape index (κ3) is 4.10. The van der Waals surface area contributed by atoms with E-state index in [2.05, 4.69) is 26.6 Å². The zero-order valence-corrected chi connectivity index (χ0v) is 18.3. The van der Waals surface area contributed by atoms with Crippen LogP contribution in [0.3, 0.4) is 0 Å². The van der Waals surface area contributed by atoms with Gasteiger partial charge in [-0.15, -0.1) is 0 Å². The minimum absolute atomic E-state index is 0.0562. The van der Waals surface area contributed by atoms with E-state index in [1.165, 1.54) is 4.31 Å². The number of hydrogen-bond acceptors (Lipinski definition) is 3. The smallest absolute Gasteiger partial charge is 0.244 e. The molecule has 1 fully saturated rings. The van der Waals surface area contributed by atoms with Crippen LogP contribution in [0.5, 0.6) is 0 Å². The number of para-hydroxylation sites is 1. The van der Waals surface area contributed by atoms with Crippen molar-refractivity contribution in [2.45, 2.75) is 17.9 Å². The number of aryl methyl sites for hydroxylation is 1. The van der Waals surface area contributed by atoms with E-state index < -0.39 is 10.0 Å². The zero-order valence-electron chi connectivity index (χ0n) is 15.9. The molecule has 2 aromatic carbocycles. The lowest BCUT2D eigenvalue weighted by Gasteiger charge is -2.34. The number of carbonyl (C=O) groups is 1. The Morgan fingerprint density at radius 1 is 0.931 bits per heavy atom. The van der Waals surface area contributed by atoms with Crippen LogP contribution in [0.2, 0.25) is 0 Å². The lowest BCUT2D eigenvalue weighted by atomic mass is 10.2. The SMILES string of the molecule is O=C(CCn1ccc2ccccc21)N1CCN(S(=O)(=O)c2ccccc2Br)CC1. The fourth-order valence-electron chi connectivity index (χ4n) is 3.68. The summed E-state index contributed by atoms with van der Waals surface area (Å²) in [7, 11) is -3.57. The van der Waals surface area contributed by atoms with Gasteiger partial charge >= 0.3 is 0 Å². The number of aromatic nitrogens is 1. The van der Waals surface area contributed by atoms with Crippen molar-refractivity contribution in [3.05, 3.63) is 65.3 Å². The van der Waals surface area contributed by atoms with Crippen molar-refractivity contribution in [1.82, 2.24) is 13.8 Å². The molecule has 3 aromatic rings. The first kappa shape index (κ1) is 20.1. The number of rotatable bonds is 5. The maximum atomic E-state index is 12.9. The van der Waals surface area contributed by atoms with E-state index in [9.17, 15) is 13.2 Å². The molecule has 8 heteroatoms. The first-order chi connectivity index (χ1) is 14.0. The molecule has 1 aliphatic heterocycles. The Morgan fingerprint density at radius 3 is 2.38 bits per heavy atom. The number of sulfonamides is 1. The van der Waals surface area contributed by atoms with Gasteiger partial charge in [-0.05, 0) is 45.6 Å². The highest BCUT2D eigenvalue weighted by molar-refractivity contribution is 9.10. The Labute approximate surface area is 178 Å². The third-order valence-corrected chi connectivity index (χ3v) is 8.20. The summed E-state index contributed by atoms with van der Waals surface area (Å²) < 4.78 is 29.9. The minimum Gasteiger partial charge on any atom is -0.347 e. The molecule has 0 atom stereocenters. The van der Waals surface area contributed by atoms with Gasteiger partial charge in [0.1, 0.15) is 0 Å². The number of nitrogens with zero attached hydrogens (tertiary/aromatic N) is 3. The summed E-state index contributed by atoms with van der Waals surface area (Å²) in [4.78, 5) is 14.7. The van der Waals surface area contributed by atoms with Gasteiger partial charge in [0, 0.05) is 55.3 Å². The van der Waals surface area contributed by atoms with Crippen LogP contribution in [-0.4, -0.2) is 54.3 Å². The molecular weight excluding hydrogens is 454 g/mol. The summed E-state index contributed by atoms with van der Waals surface area (Å²) >= 11 is 3.32. The summed E-state index contributed by atoms with van der Waals surface area (Å²) in [5.74, 6) is 0.0562. The highest BCUT2D eigenvalue weighted by atomic mass is 79.9. The van der Waals surface area contributed by atoms with E-state index in [1.54, 1.807) is 29.2 Å². The van der Waals surface area contributed by atoms with Crippen LogP contribution in [-0.2, 0) is 21.4 Å². The normalized spacial score (nSPS) is 15.7. The second kappa shape index (κ2) is 8.30. The molecule has 0 bridgehead atoms. The molecule has 0 saturated carbocycles. The van der Waals surface area contributed by atoms with Crippen LogP contribution in [0.25, 0.3) is 10.9 Å². The zero-order chi connectivity index (χ0) is 20.4. The second-order valence-electron chi connectivity index (χ2n) is 7.03. The third-order valence-electron chi connectivity index (χ3n) is 5.29. The van der Waals surface area contributed by atoms with Crippen molar-refractivity contribution in [2.75, 3.05) is 26.2 Å². The Balaban J connectivity index is 1.36. The number of halogens is 1. The molecule has 29 heavy (non-hydrogen) atoms. The van der Waals surface area contributed by atoms with Gasteiger partial charge in [0.25, 0.3) is 0 Å². The van der Waals surface area contributed by atoms with Crippen molar-refractivity contribution in [3.63, 3.8) is 0 Å². The number of benzene rings is 2. The molecule has 1 aliphatic rings. The molecule has 1 aromatic heterocycles. The Morgan fingerprint density at radius 2 is 1.62 bits per heavy atom. The first-order valence-electron chi connectivity index (χ1n) is 9.53. The quantitative estimate of drug-likeness (QED) is 0.568. The van der Waals surface area contributed by atoms with Gasteiger partial charge in [0.15, 0.2) is 0 Å². The van der Waals surface area contributed by atoms with Gasteiger partial charge in [-0.1, -0.05) is 30.3 Å². The van der Waals surface area contributed by atoms with Crippen molar-refractivity contribution in [1.29, 1.82) is 0 Å². The molecule has 1 saturated heterocycles. The Bertz CT molecular complexity index is 1130. The lowest BCUT2D eigenvalue weighted by molar-refractivity contribution is -0.132. The maximum absolute atomic E-state index is 12.9. The molecule has 1 amide bonds. The van der Waals surface area contributed by atoms with Crippen LogP contribution in [0.1, 0.15) is 6.42 Å². The standard InChI is InChI=1S/C21H22BrN3O3S/c22-18-6-2-4-8-20(18)29(27,28)25-15-13-24(14-16-25)21(26)10-12-23-11-9-17-5-1-3-7-19(17)23/h1-9,11H,10,12-16H2.